The number of aliphatic hydroxyl groups is 1. The Kier molecular flexibility index (Phi) is 6.74. The summed E-state index contributed by atoms with van der Waals surface area (Å²) in [5, 5.41) is 10.1. The topological polar surface area (TPSA) is 20.2 Å². The van der Waals surface area contributed by atoms with Crippen molar-refractivity contribution in [2.45, 2.75) is 52.6 Å². The SMILES string of the molecule is CC(C)=CCCC(C)CC(O)Cc1ccccc1. The summed E-state index contributed by atoms with van der Waals surface area (Å²) in [5.41, 5.74) is 2.61. The van der Waals surface area contributed by atoms with E-state index in [1.165, 1.54) is 11.1 Å². The number of hydrogen-bond donors (Lipinski definition) is 1. The van der Waals surface area contributed by atoms with Crippen LogP contribution >= 0.6 is 0 Å². The lowest BCUT2D eigenvalue weighted by Gasteiger charge is -2.16. The first-order valence-corrected chi connectivity index (χ1v) is 6.93. The molecule has 1 rings (SSSR count). The minimum atomic E-state index is -0.214. The minimum absolute atomic E-state index is 0.214. The molecule has 2 unspecified atom stereocenters. The highest BCUT2D eigenvalue weighted by Crippen LogP contribution is 2.16. The number of rotatable bonds is 7. The molecular weight excluding hydrogens is 220 g/mol. The van der Waals surface area contributed by atoms with E-state index in [0.717, 1.165) is 25.7 Å². The van der Waals surface area contributed by atoms with Crippen LogP contribution in [0.1, 0.15) is 45.6 Å². The van der Waals surface area contributed by atoms with Crippen molar-refractivity contribution in [3.05, 3.63) is 47.5 Å². The van der Waals surface area contributed by atoms with Crippen LogP contribution in [-0.4, -0.2) is 11.2 Å². The molecule has 18 heavy (non-hydrogen) atoms. The molecule has 1 aromatic rings. The third-order valence-electron chi connectivity index (χ3n) is 3.20. The third kappa shape index (κ3) is 6.61. The van der Waals surface area contributed by atoms with Crippen molar-refractivity contribution in [2.75, 3.05) is 0 Å². The van der Waals surface area contributed by atoms with Gasteiger partial charge >= 0.3 is 0 Å². The molecule has 0 saturated heterocycles. The molecule has 100 valence electrons. The second-order valence-corrected chi connectivity index (χ2v) is 5.54. The third-order valence-corrected chi connectivity index (χ3v) is 3.20. The summed E-state index contributed by atoms with van der Waals surface area (Å²) in [4.78, 5) is 0. The molecule has 0 aliphatic heterocycles. The molecule has 0 aliphatic rings. The largest absolute Gasteiger partial charge is 0.393 e. The molecule has 0 spiro atoms. The van der Waals surface area contributed by atoms with E-state index in [2.05, 4.69) is 39.0 Å². The van der Waals surface area contributed by atoms with E-state index >= 15 is 0 Å². The van der Waals surface area contributed by atoms with Gasteiger partial charge in [0.05, 0.1) is 6.10 Å². The van der Waals surface area contributed by atoms with Crippen molar-refractivity contribution in [3.63, 3.8) is 0 Å². The van der Waals surface area contributed by atoms with E-state index in [-0.39, 0.29) is 6.10 Å². The molecule has 1 N–H and O–H groups in total. The average Bonchev–Trinajstić information content (AvgIpc) is 2.29. The predicted molar refractivity (Wildman–Crippen MR) is 78.6 cm³/mol. The first-order valence-electron chi connectivity index (χ1n) is 6.93. The van der Waals surface area contributed by atoms with Crippen LogP contribution in [-0.2, 0) is 6.42 Å². The van der Waals surface area contributed by atoms with Crippen LogP contribution in [0.3, 0.4) is 0 Å². The predicted octanol–water partition coefficient (Wildman–Crippen LogP) is 4.36. The second-order valence-electron chi connectivity index (χ2n) is 5.54. The van der Waals surface area contributed by atoms with E-state index in [4.69, 9.17) is 0 Å². The van der Waals surface area contributed by atoms with E-state index in [0.29, 0.717) is 5.92 Å². The summed E-state index contributed by atoms with van der Waals surface area (Å²) in [6.07, 6.45) is 6.02. The van der Waals surface area contributed by atoms with Crippen molar-refractivity contribution in [2.24, 2.45) is 5.92 Å². The van der Waals surface area contributed by atoms with Crippen molar-refractivity contribution < 1.29 is 5.11 Å². The van der Waals surface area contributed by atoms with Crippen LogP contribution in [0.5, 0.6) is 0 Å². The summed E-state index contributed by atoms with van der Waals surface area (Å²) in [6, 6.07) is 10.2. The lowest BCUT2D eigenvalue weighted by atomic mass is 9.94. The Hall–Kier alpha value is -1.08. The summed E-state index contributed by atoms with van der Waals surface area (Å²) in [6.45, 7) is 6.50. The molecule has 0 saturated carbocycles. The van der Waals surface area contributed by atoms with Crippen molar-refractivity contribution in [1.82, 2.24) is 0 Å². The fourth-order valence-corrected chi connectivity index (χ4v) is 2.21. The van der Waals surface area contributed by atoms with Gasteiger partial charge in [0.15, 0.2) is 0 Å². The Balaban J connectivity index is 2.27. The molecule has 0 amide bonds. The molecule has 1 heteroatoms. The maximum Gasteiger partial charge on any atom is 0.0583 e. The Morgan fingerprint density at radius 1 is 1.22 bits per heavy atom. The summed E-state index contributed by atoms with van der Waals surface area (Å²) in [7, 11) is 0. The monoisotopic (exact) mass is 246 g/mol. The number of benzene rings is 1. The Labute approximate surface area is 112 Å². The first kappa shape index (κ1) is 15.0. The van der Waals surface area contributed by atoms with Gasteiger partial charge in [0.2, 0.25) is 0 Å². The van der Waals surface area contributed by atoms with Gasteiger partial charge in [-0.25, -0.2) is 0 Å². The number of hydrogen-bond acceptors (Lipinski definition) is 1. The van der Waals surface area contributed by atoms with E-state index in [1.54, 1.807) is 0 Å². The Bertz CT molecular complexity index is 349. The van der Waals surface area contributed by atoms with E-state index in [9.17, 15) is 5.11 Å². The van der Waals surface area contributed by atoms with Gasteiger partial charge in [-0.1, -0.05) is 48.9 Å². The van der Waals surface area contributed by atoms with Gasteiger partial charge in [0.25, 0.3) is 0 Å². The summed E-state index contributed by atoms with van der Waals surface area (Å²) in [5.74, 6) is 0.583. The highest BCUT2D eigenvalue weighted by atomic mass is 16.3. The molecule has 1 nitrogen and oxygen atoms in total. The molecule has 0 fully saturated rings. The fourth-order valence-electron chi connectivity index (χ4n) is 2.21. The van der Waals surface area contributed by atoms with Gasteiger partial charge in [-0.15, -0.1) is 0 Å². The number of allylic oxidation sites excluding steroid dienone is 2. The summed E-state index contributed by atoms with van der Waals surface area (Å²) < 4.78 is 0. The second kappa shape index (κ2) is 8.10. The van der Waals surface area contributed by atoms with Crippen LogP contribution in [0, 0.1) is 5.92 Å². The van der Waals surface area contributed by atoms with Crippen molar-refractivity contribution in [1.29, 1.82) is 0 Å². The molecule has 1 aromatic carbocycles. The van der Waals surface area contributed by atoms with E-state index < -0.39 is 0 Å². The zero-order valence-corrected chi connectivity index (χ0v) is 11.9. The van der Waals surface area contributed by atoms with Crippen LogP contribution in [0.2, 0.25) is 0 Å². The maximum atomic E-state index is 10.1. The van der Waals surface area contributed by atoms with Gasteiger partial charge in [-0.2, -0.15) is 0 Å². The van der Waals surface area contributed by atoms with Crippen LogP contribution in [0.4, 0.5) is 0 Å². The van der Waals surface area contributed by atoms with Gasteiger partial charge in [0.1, 0.15) is 0 Å². The molecule has 0 heterocycles. The molecule has 0 aliphatic carbocycles. The van der Waals surface area contributed by atoms with Gasteiger partial charge < -0.3 is 5.11 Å². The van der Waals surface area contributed by atoms with Crippen molar-refractivity contribution >= 4 is 0 Å². The van der Waals surface area contributed by atoms with Crippen LogP contribution in [0.25, 0.3) is 0 Å². The highest BCUT2D eigenvalue weighted by Gasteiger charge is 2.10. The molecule has 0 radical (unpaired) electrons. The lowest BCUT2D eigenvalue weighted by Crippen LogP contribution is -2.14. The van der Waals surface area contributed by atoms with E-state index in [1.807, 2.05) is 18.2 Å². The maximum absolute atomic E-state index is 10.1. The van der Waals surface area contributed by atoms with Gasteiger partial charge in [0, 0.05) is 0 Å². The normalized spacial score (nSPS) is 14.0. The zero-order valence-electron chi connectivity index (χ0n) is 11.9. The molecule has 0 aromatic heterocycles. The lowest BCUT2D eigenvalue weighted by molar-refractivity contribution is 0.144. The Morgan fingerprint density at radius 2 is 1.89 bits per heavy atom. The zero-order chi connectivity index (χ0) is 13.4. The van der Waals surface area contributed by atoms with Crippen LogP contribution in [0.15, 0.2) is 42.0 Å². The van der Waals surface area contributed by atoms with Gasteiger partial charge in [-0.05, 0) is 51.0 Å². The summed E-state index contributed by atoms with van der Waals surface area (Å²) >= 11 is 0. The highest BCUT2D eigenvalue weighted by molar-refractivity contribution is 5.15. The number of aliphatic hydroxyl groups excluding tert-OH is 1. The molecule has 2 atom stereocenters. The molecular formula is C17H26O. The minimum Gasteiger partial charge on any atom is -0.393 e. The fraction of sp³-hybridized carbons (Fsp3) is 0.529. The van der Waals surface area contributed by atoms with Gasteiger partial charge in [-0.3, -0.25) is 0 Å². The first-order chi connectivity index (χ1) is 8.58. The smallest absolute Gasteiger partial charge is 0.0583 e. The van der Waals surface area contributed by atoms with Crippen LogP contribution < -0.4 is 0 Å². The standard InChI is InChI=1S/C17H26O/c1-14(2)8-7-9-15(3)12-17(18)13-16-10-5-4-6-11-16/h4-6,8,10-11,15,17-18H,7,9,12-13H2,1-3H3. The van der Waals surface area contributed by atoms with Crippen molar-refractivity contribution in [3.8, 4) is 0 Å². The Morgan fingerprint density at radius 3 is 2.50 bits per heavy atom. The molecule has 0 bridgehead atoms. The average molecular weight is 246 g/mol. The quantitative estimate of drug-likeness (QED) is 0.709.